The van der Waals surface area contributed by atoms with Crippen molar-refractivity contribution >= 4 is 46.9 Å². The molecule has 0 spiro atoms. The summed E-state index contributed by atoms with van der Waals surface area (Å²) in [6, 6.07) is 23.8. The van der Waals surface area contributed by atoms with Gasteiger partial charge < -0.3 is 25.2 Å². The van der Waals surface area contributed by atoms with Gasteiger partial charge in [0.1, 0.15) is 0 Å². The largest absolute Gasteiger partial charge is 0.379 e. The Bertz CT molecular complexity index is 2230. The third-order valence-electron chi connectivity index (χ3n) is 12.1. The van der Waals surface area contributed by atoms with Crippen molar-refractivity contribution in [2.45, 2.75) is 108 Å². The lowest BCUT2D eigenvalue weighted by molar-refractivity contribution is -0.121. The lowest BCUT2D eigenvalue weighted by Gasteiger charge is -2.28. The van der Waals surface area contributed by atoms with Crippen LogP contribution in [0.2, 0.25) is 0 Å². The molecule has 1 saturated heterocycles. The van der Waals surface area contributed by atoms with Gasteiger partial charge in [-0.15, -0.1) is 0 Å². The Labute approximate surface area is 390 Å². The summed E-state index contributed by atoms with van der Waals surface area (Å²) in [4.78, 5) is 56.9. The summed E-state index contributed by atoms with van der Waals surface area (Å²) >= 11 is 0. The molecule has 4 aromatic rings. The number of amides is 4. The number of anilines is 4. The Hall–Kier alpha value is -5.36. The number of morpholine rings is 1. The van der Waals surface area contributed by atoms with Crippen LogP contribution in [0.5, 0.6) is 0 Å². The molecule has 0 unspecified atom stereocenters. The topological polar surface area (TPSA) is 115 Å². The first-order valence-corrected chi connectivity index (χ1v) is 23.3. The summed E-state index contributed by atoms with van der Waals surface area (Å²) in [5, 5.41) is 5.65. The summed E-state index contributed by atoms with van der Waals surface area (Å²) in [6.07, 6.45) is 0.652. The van der Waals surface area contributed by atoms with Crippen LogP contribution in [0.15, 0.2) is 72.8 Å². The van der Waals surface area contributed by atoms with Gasteiger partial charge >= 0.3 is 0 Å². The van der Waals surface area contributed by atoms with E-state index in [0.717, 1.165) is 53.3 Å². The van der Waals surface area contributed by atoms with Gasteiger partial charge in [-0.05, 0) is 118 Å². The molecule has 3 aliphatic heterocycles. The average molecular weight is 891 g/mol. The standard InChI is InChI=1S/C25H31N3O3.C16H23N3O2.C9H12.2C2H6/c1-17-5-6-19(13-18(17)2)24(30)26-20-7-8-21-22(14-20)28(16-25(21,3)4)23(29)15-27-9-11-31-12-10-27;1-5-18(4)9-15(21)19-10-16(2,3)13-7-6-12(17-11-20)8-14(13)19;1-7-4-5-8(2)9(3)6-7;2*1-2/h5-8,13-14H,9-12,15-16H2,1-4H3,(H,26,30);6-8,11H,5,9-10H2,1-4H3,(H,17,20);4-6H,1-3H3;2*1-2H3. The molecule has 2 N–H and O–H groups in total. The van der Waals surface area contributed by atoms with Gasteiger partial charge in [0.2, 0.25) is 18.2 Å². The van der Waals surface area contributed by atoms with E-state index in [1.165, 1.54) is 16.7 Å². The number of carbonyl (C=O) groups excluding carboxylic acids is 4. The number of nitrogens with zero attached hydrogens (tertiary/aromatic N) is 4. The molecular weight excluding hydrogens is 813 g/mol. The summed E-state index contributed by atoms with van der Waals surface area (Å²) in [7, 11) is 1.93. The molecule has 4 aromatic carbocycles. The minimum absolute atomic E-state index is 0.0739. The summed E-state index contributed by atoms with van der Waals surface area (Å²) < 4.78 is 5.39. The lowest BCUT2D eigenvalue weighted by Crippen LogP contribution is -2.45. The third-order valence-corrected chi connectivity index (χ3v) is 12.1. The molecule has 0 radical (unpaired) electrons. The van der Waals surface area contributed by atoms with Crippen LogP contribution in [-0.2, 0) is 30.0 Å². The van der Waals surface area contributed by atoms with E-state index in [1.54, 1.807) is 0 Å². The van der Waals surface area contributed by atoms with E-state index in [4.69, 9.17) is 4.74 Å². The van der Waals surface area contributed by atoms with Crippen molar-refractivity contribution in [2.24, 2.45) is 0 Å². The molecule has 354 valence electrons. The molecule has 4 amide bonds. The fourth-order valence-corrected chi connectivity index (χ4v) is 7.91. The molecule has 0 aromatic heterocycles. The van der Waals surface area contributed by atoms with Crippen LogP contribution in [-0.4, -0.2) is 100 Å². The van der Waals surface area contributed by atoms with E-state index in [1.807, 2.05) is 125 Å². The molecule has 0 aliphatic carbocycles. The summed E-state index contributed by atoms with van der Waals surface area (Å²) in [5.74, 6) is 0.0345. The van der Waals surface area contributed by atoms with Gasteiger partial charge in [-0.2, -0.15) is 0 Å². The number of likely N-dealkylation sites (N-methyl/N-ethyl adjacent to an activating group) is 1. The maximum absolute atomic E-state index is 13.1. The molecule has 0 bridgehead atoms. The van der Waals surface area contributed by atoms with Gasteiger partial charge in [0.05, 0.1) is 26.3 Å². The van der Waals surface area contributed by atoms with Crippen molar-refractivity contribution in [2.75, 3.05) is 86.5 Å². The molecular formula is C54H78N6O5. The van der Waals surface area contributed by atoms with Crippen LogP contribution in [0.3, 0.4) is 0 Å². The van der Waals surface area contributed by atoms with Gasteiger partial charge in [-0.25, -0.2) is 0 Å². The average Bonchev–Trinajstić information content (AvgIpc) is 3.72. The molecule has 0 atom stereocenters. The number of hydrogen-bond acceptors (Lipinski definition) is 7. The number of carbonyl (C=O) groups is 4. The number of hydrogen-bond donors (Lipinski definition) is 2. The maximum Gasteiger partial charge on any atom is 0.255 e. The fourth-order valence-electron chi connectivity index (χ4n) is 7.91. The van der Waals surface area contributed by atoms with Crippen LogP contribution < -0.4 is 20.4 Å². The number of rotatable bonds is 9. The first kappa shape index (κ1) is 54.0. The van der Waals surface area contributed by atoms with Crippen molar-refractivity contribution in [3.05, 3.63) is 117 Å². The normalized spacial score (nSPS) is 15.3. The monoisotopic (exact) mass is 891 g/mol. The Kier molecular flexibility index (Phi) is 20.6. The molecule has 7 rings (SSSR count). The van der Waals surface area contributed by atoms with Crippen LogP contribution >= 0.6 is 0 Å². The molecule has 11 heteroatoms. The van der Waals surface area contributed by atoms with Crippen molar-refractivity contribution in [3.63, 3.8) is 0 Å². The van der Waals surface area contributed by atoms with Crippen LogP contribution in [0.4, 0.5) is 22.7 Å². The second-order valence-corrected chi connectivity index (χ2v) is 18.0. The van der Waals surface area contributed by atoms with Gasteiger partial charge in [0.15, 0.2) is 0 Å². The zero-order valence-electron chi connectivity index (χ0n) is 42.2. The minimum Gasteiger partial charge on any atom is -0.379 e. The highest BCUT2D eigenvalue weighted by atomic mass is 16.5. The molecule has 0 saturated carbocycles. The van der Waals surface area contributed by atoms with Crippen molar-refractivity contribution < 1.29 is 23.9 Å². The number of ether oxygens (including phenoxy) is 1. The number of nitrogens with one attached hydrogen (secondary N) is 2. The van der Waals surface area contributed by atoms with Gasteiger partial charge in [-0.1, -0.05) is 104 Å². The zero-order chi connectivity index (χ0) is 48.6. The van der Waals surface area contributed by atoms with E-state index < -0.39 is 0 Å². The van der Waals surface area contributed by atoms with Gasteiger partial charge in [-0.3, -0.25) is 29.0 Å². The zero-order valence-corrected chi connectivity index (χ0v) is 42.2. The second kappa shape index (κ2) is 24.8. The first-order chi connectivity index (χ1) is 30.8. The Morgan fingerprint density at radius 3 is 1.69 bits per heavy atom. The maximum atomic E-state index is 13.1. The number of benzene rings is 4. The fraction of sp³-hybridized carbons (Fsp3) is 0.481. The molecule has 65 heavy (non-hydrogen) atoms. The smallest absolute Gasteiger partial charge is 0.255 e. The van der Waals surface area contributed by atoms with E-state index in [2.05, 4.69) is 82.2 Å². The Morgan fingerprint density at radius 2 is 1.18 bits per heavy atom. The van der Waals surface area contributed by atoms with E-state index in [-0.39, 0.29) is 28.6 Å². The first-order valence-electron chi connectivity index (χ1n) is 23.3. The highest BCUT2D eigenvalue weighted by Crippen LogP contribution is 2.43. The lowest BCUT2D eigenvalue weighted by atomic mass is 9.87. The predicted octanol–water partition coefficient (Wildman–Crippen LogP) is 10.0. The van der Waals surface area contributed by atoms with E-state index >= 15 is 0 Å². The quantitative estimate of drug-likeness (QED) is 0.161. The van der Waals surface area contributed by atoms with E-state index in [9.17, 15) is 19.2 Å². The van der Waals surface area contributed by atoms with Crippen molar-refractivity contribution in [1.82, 2.24) is 9.80 Å². The van der Waals surface area contributed by atoms with Crippen molar-refractivity contribution in [1.29, 1.82) is 0 Å². The molecule has 3 heterocycles. The molecule has 3 aliphatic rings. The third kappa shape index (κ3) is 14.6. The highest BCUT2D eigenvalue weighted by Gasteiger charge is 2.39. The van der Waals surface area contributed by atoms with Crippen LogP contribution in [0.25, 0.3) is 0 Å². The predicted molar refractivity (Wildman–Crippen MR) is 271 cm³/mol. The summed E-state index contributed by atoms with van der Waals surface area (Å²) in [6.45, 7) is 34.9. The Balaban J connectivity index is 0.000000283. The van der Waals surface area contributed by atoms with E-state index in [0.29, 0.717) is 62.7 Å². The van der Waals surface area contributed by atoms with Crippen LogP contribution in [0.1, 0.15) is 112 Å². The number of aryl methyl sites for hydroxylation is 5. The van der Waals surface area contributed by atoms with Gasteiger partial charge in [0, 0.05) is 65.3 Å². The Morgan fingerprint density at radius 1 is 0.677 bits per heavy atom. The van der Waals surface area contributed by atoms with Crippen LogP contribution in [0, 0.1) is 34.6 Å². The van der Waals surface area contributed by atoms with Crippen molar-refractivity contribution in [3.8, 4) is 0 Å². The molecule has 1 fully saturated rings. The highest BCUT2D eigenvalue weighted by molar-refractivity contribution is 6.05. The van der Waals surface area contributed by atoms with Gasteiger partial charge in [0.25, 0.3) is 5.91 Å². The number of fused-ring (bicyclic) bond motifs is 2. The summed E-state index contributed by atoms with van der Waals surface area (Å²) in [5.41, 5.74) is 12.3. The SMILES string of the molecule is CC.CC.CCN(C)CC(=O)N1CC(C)(C)c2ccc(NC=O)cc21.Cc1ccc(C(=O)Nc2ccc3c(c2)N(C(=O)CN2CCOCC2)CC3(C)C)cc1C.Cc1ccc(C)c(C)c1. The minimum atomic E-state index is -0.147. The molecule has 11 nitrogen and oxygen atoms in total. The second-order valence-electron chi connectivity index (χ2n) is 18.0.